The Bertz CT molecular complexity index is 583. The van der Waals surface area contributed by atoms with Crippen molar-refractivity contribution in [1.29, 1.82) is 0 Å². The lowest BCUT2D eigenvalue weighted by Gasteiger charge is -2.09. The molecular weight excluding hydrogens is 273 g/mol. The maximum Gasteiger partial charge on any atom is 0.260 e. The van der Waals surface area contributed by atoms with Gasteiger partial charge in [-0.25, -0.2) is 4.39 Å². The van der Waals surface area contributed by atoms with Crippen LogP contribution in [0.1, 0.15) is 10.4 Å². The van der Waals surface area contributed by atoms with E-state index in [4.69, 9.17) is 11.6 Å². The third-order valence-corrected chi connectivity index (χ3v) is 3.05. The number of nitrogens with one attached hydrogen (secondary N) is 1. The molecule has 0 fully saturated rings. The predicted molar refractivity (Wildman–Crippen MR) is 73.1 cm³/mol. The van der Waals surface area contributed by atoms with Crippen LogP contribution >= 0.6 is 24.2 Å². The van der Waals surface area contributed by atoms with E-state index in [0.717, 1.165) is 0 Å². The summed E-state index contributed by atoms with van der Waals surface area (Å²) in [6.45, 7) is 0. The fourth-order valence-electron chi connectivity index (χ4n) is 1.48. The van der Waals surface area contributed by atoms with Crippen molar-refractivity contribution in [3.05, 3.63) is 58.9 Å². The van der Waals surface area contributed by atoms with Crippen molar-refractivity contribution < 1.29 is 9.18 Å². The molecule has 2 rings (SSSR count). The second kappa shape index (κ2) is 5.42. The number of halogens is 2. The van der Waals surface area contributed by atoms with Crippen molar-refractivity contribution in [3.63, 3.8) is 0 Å². The third kappa shape index (κ3) is 2.66. The van der Waals surface area contributed by atoms with Gasteiger partial charge in [0, 0.05) is 4.90 Å². The molecule has 0 aromatic heterocycles. The van der Waals surface area contributed by atoms with Gasteiger partial charge in [-0.3, -0.25) is 4.79 Å². The molecular formula is C13H9ClFNOS. The average molecular weight is 282 g/mol. The van der Waals surface area contributed by atoms with Gasteiger partial charge in [0.15, 0.2) is 0 Å². The van der Waals surface area contributed by atoms with Crippen molar-refractivity contribution in [2.24, 2.45) is 0 Å². The van der Waals surface area contributed by atoms with Crippen LogP contribution in [0.5, 0.6) is 0 Å². The molecule has 0 aliphatic heterocycles. The molecule has 0 radical (unpaired) electrons. The van der Waals surface area contributed by atoms with Crippen LogP contribution in [0.3, 0.4) is 0 Å². The first-order valence-corrected chi connectivity index (χ1v) is 5.95. The topological polar surface area (TPSA) is 29.1 Å². The quantitative estimate of drug-likeness (QED) is 0.800. The number of hydrogen-bond donors (Lipinski definition) is 2. The molecule has 1 N–H and O–H groups in total. The van der Waals surface area contributed by atoms with E-state index >= 15 is 0 Å². The Morgan fingerprint density at radius 2 is 1.89 bits per heavy atom. The molecule has 0 saturated carbocycles. The van der Waals surface area contributed by atoms with Gasteiger partial charge in [-0.15, -0.1) is 12.6 Å². The molecule has 0 aliphatic carbocycles. The molecule has 2 aromatic carbocycles. The number of hydrogen-bond acceptors (Lipinski definition) is 2. The summed E-state index contributed by atoms with van der Waals surface area (Å²) in [4.78, 5) is 12.5. The van der Waals surface area contributed by atoms with Gasteiger partial charge in [0.05, 0.1) is 16.3 Å². The molecule has 1 amide bonds. The Kier molecular flexibility index (Phi) is 3.89. The normalized spacial score (nSPS) is 10.2. The van der Waals surface area contributed by atoms with E-state index in [9.17, 15) is 9.18 Å². The van der Waals surface area contributed by atoms with E-state index in [1.54, 1.807) is 24.3 Å². The van der Waals surface area contributed by atoms with Crippen LogP contribution in [0, 0.1) is 5.82 Å². The lowest BCUT2D eigenvalue weighted by atomic mass is 10.2. The molecule has 0 unspecified atom stereocenters. The SMILES string of the molecule is O=C(Nc1ccccc1S)c1c(F)cccc1Cl. The minimum absolute atomic E-state index is 0.0733. The van der Waals surface area contributed by atoms with Crippen molar-refractivity contribution in [2.75, 3.05) is 5.32 Å². The number of carbonyl (C=O) groups is 1. The van der Waals surface area contributed by atoms with Gasteiger partial charge in [-0.1, -0.05) is 29.8 Å². The number of carbonyl (C=O) groups excluding carboxylic acids is 1. The second-order valence-corrected chi connectivity index (χ2v) is 4.46. The second-order valence-electron chi connectivity index (χ2n) is 3.57. The van der Waals surface area contributed by atoms with Crippen molar-refractivity contribution in [1.82, 2.24) is 0 Å². The Morgan fingerprint density at radius 3 is 2.56 bits per heavy atom. The number of benzene rings is 2. The molecule has 0 heterocycles. The molecule has 5 heteroatoms. The summed E-state index contributed by atoms with van der Waals surface area (Å²) in [5.41, 5.74) is 0.334. The van der Waals surface area contributed by atoms with Crippen molar-refractivity contribution in [3.8, 4) is 0 Å². The summed E-state index contributed by atoms with van der Waals surface area (Å²) >= 11 is 10.0. The molecule has 0 bridgehead atoms. The van der Waals surface area contributed by atoms with Crippen molar-refractivity contribution >= 4 is 35.8 Å². The number of thiol groups is 1. The van der Waals surface area contributed by atoms with E-state index in [2.05, 4.69) is 17.9 Å². The summed E-state index contributed by atoms with van der Waals surface area (Å²) < 4.78 is 13.5. The van der Waals surface area contributed by atoms with Crippen LogP contribution in [0.15, 0.2) is 47.4 Å². The summed E-state index contributed by atoms with van der Waals surface area (Å²) in [5, 5.41) is 2.64. The summed E-state index contributed by atoms with van der Waals surface area (Å²) in [5.74, 6) is -1.25. The minimum Gasteiger partial charge on any atom is -0.321 e. The zero-order chi connectivity index (χ0) is 13.1. The largest absolute Gasteiger partial charge is 0.321 e. The highest BCUT2D eigenvalue weighted by Crippen LogP contribution is 2.23. The fraction of sp³-hybridized carbons (Fsp3) is 0. The van der Waals surface area contributed by atoms with E-state index in [1.807, 2.05) is 0 Å². The van der Waals surface area contributed by atoms with Gasteiger partial charge in [0.1, 0.15) is 5.82 Å². The first-order valence-electron chi connectivity index (χ1n) is 5.13. The average Bonchev–Trinajstić information content (AvgIpc) is 2.32. The van der Waals surface area contributed by atoms with Gasteiger partial charge >= 0.3 is 0 Å². The lowest BCUT2D eigenvalue weighted by Crippen LogP contribution is -2.14. The van der Waals surface area contributed by atoms with E-state index in [-0.39, 0.29) is 10.6 Å². The van der Waals surface area contributed by atoms with E-state index in [1.165, 1.54) is 18.2 Å². The molecule has 2 nitrogen and oxygen atoms in total. The number of rotatable bonds is 2. The first-order chi connectivity index (χ1) is 8.59. The monoisotopic (exact) mass is 281 g/mol. The zero-order valence-electron chi connectivity index (χ0n) is 9.15. The maximum atomic E-state index is 13.5. The maximum absolute atomic E-state index is 13.5. The molecule has 92 valence electrons. The smallest absolute Gasteiger partial charge is 0.260 e. The van der Waals surface area contributed by atoms with Gasteiger partial charge in [0.25, 0.3) is 5.91 Å². The molecule has 0 saturated heterocycles. The van der Waals surface area contributed by atoms with E-state index < -0.39 is 11.7 Å². The van der Waals surface area contributed by atoms with Gasteiger partial charge < -0.3 is 5.32 Å². The first kappa shape index (κ1) is 12.9. The highest BCUT2D eigenvalue weighted by atomic mass is 35.5. The van der Waals surface area contributed by atoms with Gasteiger partial charge in [-0.05, 0) is 24.3 Å². The third-order valence-electron chi connectivity index (χ3n) is 2.34. The Labute approximate surface area is 114 Å². The highest BCUT2D eigenvalue weighted by molar-refractivity contribution is 7.80. The number of para-hydroxylation sites is 1. The summed E-state index contributed by atoms with van der Waals surface area (Å²) in [6.07, 6.45) is 0. The number of anilines is 1. The molecule has 0 atom stereocenters. The van der Waals surface area contributed by atoms with Crippen LogP contribution in [0.2, 0.25) is 5.02 Å². The lowest BCUT2D eigenvalue weighted by molar-refractivity contribution is 0.102. The van der Waals surface area contributed by atoms with Crippen LogP contribution in [-0.4, -0.2) is 5.91 Å². The Morgan fingerprint density at radius 1 is 1.17 bits per heavy atom. The zero-order valence-corrected chi connectivity index (χ0v) is 10.8. The molecule has 18 heavy (non-hydrogen) atoms. The van der Waals surface area contributed by atoms with Gasteiger partial charge in [0.2, 0.25) is 0 Å². The molecule has 0 aliphatic rings. The van der Waals surface area contributed by atoms with Crippen LogP contribution < -0.4 is 5.32 Å². The molecule has 0 spiro atoms. The van der Waals surface area contributed by atoms with Crippen LogP contribution in [0.25, 0.3) is 0 Å². The summed E-state index contributed by atoms with van der Waals surface area (Å²) in [6, 6.07) is 11.0. The molecule has 2 aromatic rings. The summed E-state index contributed by atoms with van der Waals surface area (Å²) in [7, 11) is 0. The Hall–Kier alpha value is -1.52. The predicted octanol–water partition coefficient (Wildman–Crippen LogP) is 4.02. The number of amides is 1. The fourth-order valence-corrected chi connectivity index (χ4v) is 1.94. The highest BCUT2D eigenvalue weighted by Gasteiger charge is 2.16. The van der Waals surface area contributed by atoms with Crippen LogP contribution in [0.4, 0.5) is 10.1 Å². The van der Waals surface area contributed by atoms with Crippen LogP contribution in [-0.2, 0) is 0 Å². The van der Waals surface area contributed by atoms with E-state index in [0.29, 0.717) is 10.6 Å². The Balaban J connectivity index is 2.31. The standard InChI is InChI=1S/C13H9ClFNOS/c14-8-4-3-5-9(15)12(8)13(17)16-10-6-1-2-7-11(10)18/h1-7,18H,(H,16,17). The minimum atomic E-state index is -0.656. The van der Waals surface area contributed by atoms with Crippen molar-refractivity contribution in [2.45, 2.75) is 4.90 Å². The van der Waals surface area contributed by atoms with Gasteiger partial charge in [-0.2, -0.15) is 0 Å².